The van der Waals surface area contributed by atoms with E-state index in [1.165, 1.54) is 19.1 Å². The number of nitrogens with zero attached hydrogens (tertiary/aromatic N) is 1. The average Bonchev–Trinajstić information content (AvgIpc) is 2.40. The molecule has 1 fully saturated rings. The summed E-state index contributed by atoms with van der Waals surface area (Å²) in [6, 6.07) is 2.92. The second kappa shape index (κ2) is 6.88. The molecule has 1 amide bonds. The number of phenols is 1. The van der Waals surface area contributed by atoms with Crippen molar-refractivity contribution in [3.63, 3.8) is 0 Å². The average molecular weight is 323 g/mol. The van der Waals surface area contributed by atoms with Crippen LogP contribution in [0.4, 0.5) is 0 Å². The van der Waals surface area contributed by atoms with Gasteiger partial charge in [-0.05, 0) is 24.4 Å². The first-order valence-corrected chi connectivity index (χ1v) is 7.16. The molecular formula is C14H18BNO7. The fraction of sp³-hybridized carbons (Fsp3) is 0.429. The van der Waals surface area contributed by atoms with E-state index in [0.717, 1.165) is 0 Å². The number of ether oxygens (including phenoxy) is 1. The Morgan fingerprint density at radius 3 is 2.52 bits per heavy atom. The number of aryl methyl sites for hydroxylation is 1. The van der Waals surface area contributed by atoms with Gasteiger partial charge in [-0.3, -0.25) is 4.79 Å². The van der Waals surface area contributed by atoms with Gasteiger partial charge in [0.2, 0.25) is 5.91 Å². The predicted octanol–water partition coefficient (Wildman–Crippen LogP) is -0.285. The van der Waals surface area contributed by atoms with Crippen molar-refractivity contribution in [1.82, 2.24) is 4.90 Å². The molecule has 1 aliphatic heterocycles. The summed E-state index contributed by atoms with van der Waals surface area (Å²) in [5, 5.41) is 37.1. The molecule has 1 heterocycles. The number of carbonyl (C=O) groups is 2. The van der Waals surface area contributed by atoms with Crippen molar-refractivity contribution in [2.75, 3.05) is 13.1 Å². The van der Waals surface area contributed by atoms with Crippen LogP contribution in [0.25, 0.3) is 0 Å². The van der Waals surface area contributed by atoms with Crippen LogP contribution in [-0.2, 0) is 11.2 Å². The van der Waals surface area contributed by atoms with E-state index in [-0.39, 0.29) is 36.1 Å². The number of amides is 1. The number of aromatic carboxylic acids is 1. The molecule has 1 aromatic carbocycles. The van der Waals surface area contributed by atoms with E-state index in [9.17, 15) is 19.8 Å². The molecule has 0 spiro atoms. The molecule has 0 saturated carbocycles. The fourth-order valence-corrected chi connectivity index (χ4v) is 2.36. The van der Waals surface area contributed by atoms with Crippen molar-refractivity contribution in [2.24, 2.45) is 0 Å². The summed E-state index contributed by atoms with van der Waals surface area (Å²) in [7, 11) is -1.54. The highest BCUT2D eigenvalue weighted by molar-refractivity contribution is 6.41. The van der Waals surface area contributed by atoms with Crippen molar-refractivity contribution >= 4 is 19.0 Å². The quantitative estimate of drug-likeness (QED) is 0.530. The van der Waals surface area contributed by atoms with Crippen LogP contribution in [0.1, 0.15) is 22.8 Å². The summed E-state index contributed by atoms with van der Waals surface area (Å²) in [6.07, 6.45) is -0.226. The number of carboxylic acids is 1. The third-order valence-corrected chi connectivity index (χ3v) is 3.70. The highest BCUT2D eigenvalue weighted by Gasteiger charge is 2.32. The smallest absolute Gasteiger partial charge is 0.451 e. The normalized spacial score (nSPS) is 14.3. The number of likely N-dealkylation sites (tertiary alicyclic amines) is 1. The standard InChI is InChI=1S/C14H18BNO7/c1-8(17)16-6-10(7-16)23-11-3-2-9(4-5-15(21)22)13(18)12(11)14(19)20/h2-3,10,18,21-22H,4-7H2,1H3,(H,19,20). The third kappa shape index (κ3) is 3.94. The number of hydrogen-bond donors (Lipinski definition) is 4. The van der Waals surface area contributed by atoms with Gasteiger partial charge in [-0.15, -0.1) is 0 Å². The van der Waals surface area contributed by atoms with E-state index < -0.39 is 18.8 Å². The van der Waals surface area contributed by atoms with Crippen LogP contribution in [0.5, 0.6) is 11.5 Å². The number of carbonyl (C=O) groups excluding carboxylic acids is 1. The van der Waals surface area contributed by atoms with Crippen molar-refractivity contribution in [2.45, 2.75) is 25.8 Å². The van der Waals surface area contributed by atoms with Gasteiger partial charge < -0.3 is 29.9 Å². The minimum Gasteiger partial charge on any atom is -0.507 e. The van der Waals surface area contributed by atoms with E-state index in [1.807, 2.05) is 0 Å². The molecule has 0 aliphatic carbocycles. The number of carboxylic acid groups (broad SMARTS) is 1. The Morgan fingerprint density at radius 2 is 2.00 bits per heavy atom. The van der Waals surface area contributed by atoms with Crippen LogP contribution in [0.3, 0.4) is 0 Å². The Kier molecular flexibility index (Phi) is 5.12. The maximum absolute atomic E-state index is 11.4. The summed E-state index contributed by atoms with van der Waals surface area (Å²) < 4.78 is 5.55. The molecule has 0 radical (unpaired) electrons. The van der Waals surface area contributed by atoms with Gasteiger partial charge in [0.05, 0.1) is 13.1 Å². The van der Waals surface area contributed by atoms with Crippen LogP contribution < -0.4 is 4.74 Å². The molecule has 8 nitrogen and oxygen atoms in total. The highest BCUT2D eigenvalue weighted by Crippen LogP contribution is 2.33. The Hall–Kier alpha value is -2.26. The first kappa shape index (κ1) is 17.1. The van der Waals surface area contributed by atoms with Gasteiger partial charge in [-0.25, -0.2) is 4.79 Å². The van der Waals surface area contributed by atoms with Gasteiger partial charge in [0.1, 0.15) is 23.2 Å². The van der Waals surface area contributed by atoms with Crippen LogP contribution in [0.15, 0.2) is 12.1 Å². The summed E-state index contributed by atoms with van der Waals surface area (Å²) >= 11 is 0. The van der Waals surface area contributed by atoms with E-state index in [4.69, 9.17) is 14.8 Å². The zero-order chi connectivity index (χ0) is 17.1. The number of benzene rings is 1. The predicted molar refractivity (Wildman–Crippen MR) is 80.4 cm³/mol. The lowest BCUT2D eigenvalue weighted by Gasteiger charge is -2.38. The molecule has 1 saturated heterocycles. The molecule has 0 bridgehead atoms. The maximum atomic E-state index is 11.4. The van der Waals surface area contributed by atoms with Gasteiger partial charge in [0.15, 0.2) is 0 Å². The second-order valence-corrected chi connectivity index (χ2v) is 5.43. The SMILES string of the molecule is CC(=O)N1CC(Oc2ccc(CCB(O)O)c(O)c2C(=O)O)C1. The van der Waals surface area contributed by atoms with E-state index in [0.29, 0.717) is 18.7 Å². The van der Waals surface area contributed by atoms with Gasteiger partial charge in [-0.2, -0.15) is 0 Å². The molecule has 2 rings (SSSR count). The topological polar surface area (TPSA) is 128 Å². The second-order valence-electron chi connectivity index (χ2n) is 5.43. The Bertz CT molecular complexity index is 613. The van der Waals surface area contributed by atoms with Gasteiger partial charge in [0.25, 0.3) is 0 Å². The fourth-order valence-electron chi connectivity index (χ4n) is 2.36. The molecule has 1 aliphatic rings. The Labute approximate surface area is 133 Å². The number of rotatable bonds is 6. The molecule has 23 heavy (non-hydrogen) atoms. The van der Waals surface area contributed by atoms with Gasteiger partial charge >= 0.3 is 13.1 Å². The van der Waals surface area contributed by atoms with Crippen molar-refractivity contribution in [1.29, 1.82) is 0 Å². The molecule has 0 atom stereocenters. The molecule has 4 N–H and O–H groups in total. The summed E-state index contributed by atoms with van der Waals surface area (Å²) in [5.74, 6) is -1.84. The highest BCUT2D eigenvalue weighted by atomic mass is 16.5. The monoisotopic (exact) mass is 323 g/mol. The van der Waals surface area contributed by atoms with E-state index in [2.05, 4.69) is 0 Å². The van der Waals surface area contributed by atoms with Crippen LogP contribution in [0.2, 0.25) is 6.32 Å². The molecule has 0 aromatic heterocycles. The summed E-state index contributed by atoms with van der Waals surface area (Å²) in [6.45, 7) is 2.18. The zero-order valence-corrected chi connectivity index (χ0v) is 12.6. The van der Waals surface area contributed by atoms with E-state index >= 15 is 0 Å². The lowest BCUT2D eigenvalue weighted by molar-refractivity contribution is -0.137. The van der Waals surface area contributed by atoms with Crippen molar-refractivity contribution in [3.05, 3.63) is 23.3 Å². The molecular weight excluding hydrogens is 305 g/mol. The third-order valence-electron chi connectivity index (χ3n) is 3.70. The van der Waals surface area contributed by atoms with Crippen molar-refractivity contribution in [3.8, 4) is 11.5 Å². The lowest BCUT2D eigenvalue weighted by atomic mass is 9.82. The molecule has 124 valence electrons. The first-order chi connectivity index (χ1) is 10.8. The lowest BCUT2D eigenvalue weighted by Crippen LogP contribution is -2.55. The molecule has 1 aromatic rings. The minimum atomic E-state index is -1.54. The Balaban J connectivity index is 2.15. The molecule has 0 unspecified atom stereocenters. The van der Waals surface area contributed by atoms with Crippen molar-refractivity contribution < 1.29 is 34.6 Å². The molecule has 9 heteroatoms. The van der Waals surface area contributed by atoms with Crippen LogP contribution in [0, 0.1) is 0 Å². The summed E-state index contributed by atoms with van der Waals surface area (Å²) in [4.78, 5) is 24.1. The number of aromatic hydroxyl groups is 1. The van der Waals surface area contributed by atoms with Crippen LogP contribution in [-0.4, -0.2) is 63.3 Å². The van der Waals surface area contributed by atoms with Gasteiger partial charge in [0, 0.05) is 6.92 Å². The minimum absolute atomic E-state index is 0.0245. The van der Waals surface area contributed by atoms with Crippen LogP contribution >= 0.6 is 0 Å². The first-order valence-electron chi connectivity index (χ1n) is 7.16. The summed E-state index contributed by atoms with van der Waals surface area (Å²) in [5.41, 5.74) is -0.0713. The van der Waals surface area contributed by atoms with Gasteiger partial charge in [-0.1, -0.05) is 6.07 Å². The van der Waals surface area contributed by atoms with E-state index in [1.54, 1.807) is 4.90 Å². The largest absolute Gasteiger partial charge is 0.507 e. The number of hydrogen-bond acceptors (Lipinski definition) is 6. The zero-order valence-electron chi connectivity index (χ0n) is 12.6. The Morgan fingerprint density at radius 1 is 1.35 bits per heavy atom. The maximum Gasteiger partial charge on any atom is 0.451 e.